The first-order valence-electron chi connectivity index (χ1n) is 7.48. The molecule has 4 aromatic rings. The Hall–Kier alpha value is -2.51. The number of nitrogens with zero attached hydrogens (tertiary/aromatic N) is 6. The van der Waals surface area contributed by atoms with Crippen molar-refractivity contribution in [3.8, 4) is 16.9 Å². The third-order valence-electron chi connectivity index (χ3n) is 3.83. The first kappa shape index (κ1) is 16.0. The Balaban J connectivity index is 2.18. The van der Waals surface area contributed by atoms with Crippen molar-refractivity contribution in [3.05, 3.63) is 58.7 Å². The molecule has 0 N–H and O–H groups in total. The molecule has 0 spiro atoms. The van der Waals surface area contributed by atoms with Gasteiger partial charge in [0.15, 0.2) is 5.82 Å². The van der Waals surface area contributed by atoms with Crippen molar-refractivity contribution >= 4 is 29.0 Å². The summed E-state index contributed by atoms with van der Waals surface area (Å²) in [4.78, 5) is 12.6. The highest BCUT2D eigenvalue weighted by Gasteiger charge is 2.24. The van der Waals surface area contributed by atoms with Gasteiger partial charge in [-0.1, -0.05) is 36.2 Å². The molecule has 0 aliphatic carbocycles. The van der Waals surface area contributed by atoms with Gasteiger partial charge in [0.2, 0.25) is 0 Å². The molecule has 0 unspecified atom stereocenters. The number of hydrogen-bond donors (Lipinski definition) is 0. The molecule has 0 aliphatic heterocycles. The fraction of sp³-hybridized carbons (Fsp3) is 0.125. The second-order valence-electron chi connectivity index (χ2n) is 5.24. The minimum Gasteiger partial charge on any atom is -0.287 e. The average molecular weight is 377 g/mol. The molecule has 0 bridgehead atoms. The maximum absolute atomic E-state index is 14.6. The Kier molecular flexibility index (Phi) is 3.89. The second kappa shape index (κ2) is 6.09. The average Bonchev–Trinajstić information content (AvgIpc) is 3.23. The molecule has 126 valence electrons. The summed E-state index contributed by atoms with van der Waals surface area (Å²) in [5, 5.41) is 4.51. The number of fused-ring (bicyclic) bond motifs is 1. The molecule has 0 atom stereocenters. The van der Waals surface area contributed by atoms with Crippen LogP contribution in [0.15, 0.2) is 36.9 Å². The largest absolute Gasteiger partial charge is 0.287 e. The highest BCUT2D eigenvalue weighted by atomic mass is 35.5. The molecule has 0 saturated heterocycles. The Morgan fingerprint density at radius 3 is 2.76 bits per heavy atom. The molecule has 9 heteroatoms. The first-order chi connectivity index (χ1) is 12.1. The van der Waals surface area contributed by atoms with Crippen molar-refractivity contribution in [3.63, 3.8) is 0 Å². The predicted octanol–water partition coefficient (Wildman–Crippen LogP) is 3.99. The van der Waals surface area contributed by atoms with Crippen LogP contribution in [0.25, 0.3) is 22.7 Å². The van der Waals surface area contributed by atoms with Crippen molar-refractivity contribution in [1.82, 2.24) is 29.1 Å². The van der Waals surface area contributed by atoms with Gasteiger partial charge in [-0.2, -0.15) is 19.6 Å². The molecule has 6 nitrogen and oxygen atoms in total. The van der Waals surface area contributed by atoms with Gasteiger partial charge in [-0.05, 0) is 12.1 Å². The minimum atomic E-state index is -0.505. The Morgan fingerprint density at radius 2 is 2.00 bits per heavy atom. The first-order valence-corrected chi connectivity index (χ1v) is 8.23. The van der Waals surface area contributed by atoms with Gasteiger partial charge in [0, 0.05) is 24.4 Å². The van der Waals surface area contributed by atoms with Crippen LogP contribution < -0.4 is 0 Å². The molecule has 0 radical (unpaired) electrons. The highest BCUT2D eigenvalue weighted by Crippen LogP contribution is 2.39. The van der Waals surface area contributed by atoms with Crippen molar-refractivity contribution in [2.75, 3.05) is 0 Å². The molecule has 25 heavy (non-hydrogen) atoms. The van der Waals surface area contributed by atoms with Crippen LogP contribution in [0.3, 0.4) is 0 Å². The highest BCUT2D eigenvalue weighted by molar-refractivity contribution is 6.36. The lowest BCUT2D eigenvalue weighted by Crippen LogP contribution is -2.11. The van der Waals surface area contributed by atoms with Gasteiger partial charge in [0.1, 0.15) is 23.1 Å². The van der Waals surface area contributed by atoms with E-state index in [-0.39, 0.29) is 15.7 Å². The molecule has 0 saturated carbocycles. The molecule has 0 aliphatic rings. The van der Waals surface area contributed by atoms with Gasteiger partial charge in [0.05, 0.1) is 10.6 Å². The zero-order valence-corrected chi connectivity index (χ0v) is 14.5. The summed E-state index contributed by atoms with van der Waals surface area (Å²) < 4.78 is 17.9. The van der Waals surface area contributed by atoms with Crippen molar-refractivity contribution in [2.24, 2.45) is 0 Å². The Bertz CT molecular complexity index is 1070. The van der Waals surface area contributed by atoms with Crippen LogP contribution in [-0.2, 0) is 6.42 Å². The number of halogens is 3. The van der Waals surface area contributed by atoms with E-state index in [0.29, 0.717) is 23.6 Å². The van der Waals surface area contributed by atoms with E-state index in [1.165, 1.54) is 23.0 Å². The lowest BCUT2D eigenvalue weighted by molar-refractivity contribution is 0.630. The summed E-state index contributed by atoms with van der Waals surface area (Å²) in [6.07, 6.45) is 5.43. The SMILES string of the molecule is CCc1nccn1-c1c(-c2c(F)cccc2Cl)c(Cl)nc2ncnn12. The molecule has 3 heterocycles. The number of aromatic nitrogens is 6. The lowest BCUT2D eigenvalue weighted by Gasteiger charge is -2.16. The van der Waals surface area contributed by atoms with Gasteiger partial charge >= 0.3 is 0 Å². The Labute approximate surface area is 151 Å². The predicted molar refractivity (Wildman–Crippen MR) is 92.7 cm³/mol. The number of imidazole rings is 1. The minimum absolute atomic E-state index is 0.0817. The maximum Gasteiger partial charge on any atom is 0.255 e. The summed E-state index contributed by atoms with van der Waals surface area (Å²) in [6, 6.07) is 4.45. The van der Waals surface area contributed by atoms with Crippen LogP contribution in [0.1, 0.15) is 12.7 Å². The van der Waals surface area contributed by atoms with Crippen LogP contribution >= 0.6 is 23.2 Å². The van der Waals surface area contributed by atoms with E-state index < -0.39 is 5.82 Å². The van der Waals surface area contributed by atoms with E-state index in [4.69, 9.17) is 23.2 Å². The Morgan fingerprint density at radius 1 is 1.16 bits per heavy atom. The van der Waals surface area contributed by atoms with Gasteiger partial charge in [0.25, 0.3) is 5.78 Å². The molecule has 0 amide bonds. The van der Waals surface area contributed by atoms with E-state index in [0.717, 1.165) is 5.82 Å². The number of rotatable bonds is 3. The summed E-state index contributed by atoms with van der Waals surface area (Å²) >= 11 is 12.7. The van der Waals surface area contributed by atoms with E-state index in [2.05, 4.69) is 20.1 Å². The van der Waals surface area contributed by atoms with Crippen molar-refractivity contribution in [1.29, 1.82) is 0 Å². The van der Waals surface area contributed by atoms with Crippen LogP contribution in [0, 0.1) is 5.82 Å². The van der Waals surface area contributed by atoms with Gasteiger partial charge < -0.3 is 0 Å². The standard InChI is InChI=1S/C16H11Cl2FN6/c1-2-11-20-6-7-24(11)15-13(12-9(17)4-3-5-10(12)19)14(18)23-16-21-8-22-25(15)16/h3-8H,2H2,1H3. The van der Waals surface area contributed by atoms with Gasteiger partial charge in [-0.3, -0.25) is 4.57 Å². The third-order valence-corrected chi connectivity index (χ3v) is 4.42. The fourth-order valence-electron chi connectivity index (χ4n) is 2.77. The molecule has 0 fully saturated rings. The van der Waals surface area contributed by atoms with Crippen molar-refractivity contribution in [2.45, 2.75) is 13.3 Å². The molecular formula is C16H11Cl2FN6. The number of benzene rings is 1. The summed E-state index contributed by atoms with van der Waals surface area (Å²) in [7, 11) is 0. The maximum atomic E-state index is 14.6. The van der Waals surface area contributed by atoms with E-state index >= 15 is 0 Å². The van der Waals surface area contributed by atoms with Gasteiger partial charge in [-0.15, -0.1) is 0 Å². The summed E-state index contributed by atoms with van der Waals surface area (Å²) in [6.45, 7) is 1.97. The van der Waals surface area contributed by atoms with Crippen LogP contribution in [0.2, 0.25) is 10.2 Å². The monoisotopic (exact) mass is 376 g/mol. The summed E-state index contributed by atoms with van der Waals surface area (Å²) in [5.41, 5.74) is 0.486. The molecule has 1 aromatic carbocycles. The zero-order chi connectivity index (χ0) is 17.6. The lowest BCUT2D eigenvalue weighted by atomic mass is 10.1. The van der Waals surface area contributed by atoms with Crippen LogP contribution in [-0.4, -0.2) is 29.1 Å². The molecule has 3 aromatic heterocycles. The van der Waals surface area contributed by atoms with E-state index in [9.17, 15) is 4.39 Å². The smallest absolute Gasteiger partial charge is 0.255 e. The quantitative estimate of drug-likeness (QED) is 0.507. The molecular weight excluding hydrogens is 366 g/mol. The topological polar surface area (TPSA) is 60.9 Å². The van der Waals surface area contributed by atoms with Gasteiger partial charge in [-0.25, -0.2) is 9.37 Å². The summed E-state index contributed by atoms with van der Waals surface area (Å²) in [5.74, 6) is 1.03. The van der Waals surface area contributed by atoms with Crippen LogP contribution in [0.4, 0.5) is 4.39 Å². The third kappa shape index (κ3) is 2.47. The van der Waals surface area contributed by atoms with E-state index in [1.807, 2.05) is 6.92 Å². The zero-order valence-electron chi connectivity index (χ0n) is 13.0. The normalized spacial score (nSPS) is 11.4. The number of aryl methyl sites for hydroxylation is 1. The second-order valence-corrected chi connectivity index (χ2v) is 6.00. The van der Waals surface area contributed by atoms with Crippen molar-refractivity contribution < 1.29 is 4.39 Å². The van der Waals surface area contributed by atoms with Crippen LogP contribution in [0.5, 0.6) is 0 Å². The fourth-order valence-corrected chi connectivity index (χ4v) is 3.28. The molecule has 4 rings (SSSR count). The van der Waals surface area contributed by atoms with E-state index in [1.54, 1.807) is 23.0 Å². The number of hydrogen-bond acceptors (Lipinski definition) is 4.